The number of aromatic nitrogens is 2. The molecule has 2 amide bonds. The molecule has 0 aliphatic carbocycles. The van der Waals surface area contributed by atoms with Gasteiger partial charge < -0.3 is 20.0 Å². The number of likely N-dealkylation sites (N-methyl/N-ethyl adjacent to an activating group) is 1. The normalized spacial score (nSPS) is 17.7. The quantitative estimate of drug-likeness (QED) is 0.425. The summed E-state index contributed by atoms with van der Waals surface area (Å²) in [6.07, 6.45) is 0.417. The van der Waals surface area contributed by atoms with Crippen LogP contribution in [0.4, 0.5) is 10.1 Å². The molecule has 0 spiro atoms. The minimum absolute atomic E-state index is 0.0655. The summed E-state index contributed by atoms with van der Waals surface area (Å²) in [4.78, 5) is 27.6. The number of hydrogen-bond donors (Lipinski definition) is 2. The number of halogens is 2. The van der Waals surface area contributed by atoms with E-state index in [2.05, 4.69) is 20.8 Å². The number of carbonyl (C=O) groups excluding carboxylic acids is 2. The van der Waals surface area contributed by atoms with Gasteiger partial charge in [-0.05, 0) is 43.3 Å². The molecule has 0 radical (unpaired) electrons. The lowest BCUT2D eigenvalue weighted by molar-refractivity contribution is -0.128. The number of benzene rings is 2. The first-order valence-corrected chi connectivity index (χ1v) is 14.7. The van der Waals surface area contributed by atoms with Gasteiger partial charge in [0.05, 0.1) is 34.5 Å². The van der Waals surface area contributed by atoms with Crippen molar-refractivity contribution in [3.8, 4) is 11.5 Å². The van der Waals surface area contributed by atoms with Crippen LogP contribution in [0.3, 0.4) is 0 Å². The minimum atomic E-state index is -4.24. The van der Waals surface area contributed by atoms with Crippen molar-refractivity contribution in [1.82, 2.24) is 20.8 Å². The predicted molar refractivity (Wildman–Crippen MR) is 148 cm³/mol. The number of nitrogens with zero attached hydrogens (tertiary/aromatic N) is 3. The molecule has 2 heterocycles. The van der Waals surface area contributed by atoms with Gasteiger partial charge in [-0.2, -0.15) is 0 Å². The van der Waals surface area contributed by atoms with Crippen molar-refractivity contribution in [3.63, 3.8) is 0 Å². The minimum Gasteiger partial charge on any atom is -0.420 e. The molecule has 40 heavy (non-hydrogen) atoms. The Bertz CT molecular complexity index is 1530. The van der Waals surface area contributed by atoms with Gasteiger partial charge in [0.2, 0.25) is 11.8 Å². The van der Waals surface area contributed by atoms with Gasteiger partial charge in [-0.15, -0.1) is 10.2 Å². The van der Waals surface area contributed by atoms with Crippen LogP contribution in [0.15, 0.2) is 45.7 Å². The Balaban J connectivity index is 1.87. The van der Waals surface area contributed by atoms with E-state index < -0.39 is 50.7 Å². The first-order valence-electron chi connectivity index (χ1n) is 12.7. The summed E-state index contributed by atoms with van der Waals surface area (Å²) in [7, 11) is -2.65. The molecule has 2 N–H and O–H groups in total. The smallest absolute Gasteiger partial charge is 0.250 e. The summed E-state index contributed by atoms with van der Waals surface area (Å²) in [5, 5.41) is 13.9. The van der Waals surface area contributed by atoms with Crippen molar-refractivity contribution < 1.29 is 26.8 Å². The lowest BCUT2D eigenvalue weighted by Gasteiger charge is -2.27. The van der Waals surface area contributed by atoms with Crippen molar-refractivity contribution >= 4 is 38.9 Å². The summed E-state index contributed by atoms with van der Waals surface area (Å²) in [6.45, 7) is 7.26. The molecule has 2 atom stereocenters. The van der Waals surface area contributed by atoms with E-state index in [0.717, 1.165) is 6.07 Å². The molecule has 13 heteroatoms. The Morgan fingerprint density at radius 2 is 1.90 bits per heavy atom. The molecule has 0 bridgehead atoms. The SMILES string of the molecule is CCC(NC)C(=O)N[C@H]1CS(=O)(=O)c2cc(F)c(-c3nnc(C(C)(C)C)o3)cc2N(Cc2ccc(Cl)cc2)C1=O. The van der Waals surface area contributed by atoms with Crippen molar-refractivity contribution in [2.24, 2.45) is 0 Å². The highest BCUT2D eigenvalue weighted by Crippen LogP contribution is 2.38. The van der Waals surface area contributed by atoms with E-state index >= 15 is 4.39 Å². The molecule has 0 saturated heterocycles. The van der Waals surface area contributed by atoms with Crippen LogP contribution in [0.2, 0.25) is 5.02 Å². The molecular formula is C27H31ClFN5O5S. The van der Waals surface area contributed by atoms with Gasteiger partial charge in [-0.25, -0.2) is 12.8 Å². The van der Waals surface area contributed by atoms with E-state index in [-0.39, 0.29) is 34.5 Å². The van der Waals surface area contributed by atoms with E-state index in [0.29, 0.717) is 17.0 Å². The number of amides is 2. The molecule has 2 aromatic carbocycles. The largest absolute Gasteiger partial charge is 0.420 e. The summed E-state index contributed by atoms with van der Waals surface area (Å²) >= 11 is 6.03. The second-order valence-corrected chi connectivity index (χ2v) is 13.0. The van der Waals surface area contributed by atoms with Gasteiger partial charge in [0.25, 0.3) is 11.8 Å². The third kappa shape index (κ3) is 6.03. The molecule has 1 unspecified atom stereocenters. The molecule has 4 rings (SSSR count). The number of hydrogen-bond acceptors (Lipinski definition) is 8. The second kappa shape index (κ2) is 11.3. The molecule has 1 aliphatic heterocycles. The average Bonchev–Trinajstić information content (AvgIpc) is 3.37. The van der Waals surface area contributed by atoms with Gasteiger partial charge in [0.1, 0.15) is 11.9 Å². The highest BCUT2D eigenvalue weighted by atomic mass is 35.5. The number of fused-ring (bicyclic) bond motifs is 1. The van der Waals surface area contributed by atoms with Crippen LogP contribution in [0.1, 0.15) is 45.6 Å². The number of carbonyl (C=O) groups is 2. The highest BCUT2D eigenvalue weighted by Gasteiger charge is 2.40. The summed E-state index contributed by atoms with van der Waals surface area (Å²) in [6, 6.07) is 6.68. The van der Waals surface area contributed by atoms with Gasteiger partial charge in [0.15, 0.2) is 9.84 Å². The van der Waals surface area contributed by atoms with Crippen molar-refractivity contribution in [2.75, 3.05) is 17.7 Å². The zero-order valence-corrected chi connectivity index (χ0v) is 24.4. The van der Waals surface area contributed by atoms with E-state index in [4.69, 9.17) is 16.0 Å². The fourth-order valence-electron chi connectivity index (χ4n) is 4.32. The molecule has 1 aromatic heterocycles. The molecule has 0 fully saturated rings. The third-order valence-electron chi connectivity index (χ3n) is 6.57. The monoisotopic (exact) mass is 591 g/mol. The van der Waals surface area contributed by atoms with Crippen LogP contribution in [0, 0.1) is 5.82 Å². The molecule has 0 saturated carbocycles. The number of rotatable bonds is 7. The fraction of sp³-hybridized carbons (Fsp3) is 0.407. The van der Waals surface area contributed by atoms with Gasteiger partial charge in [-0.3, -0.25) is 9.59 Å². The van der Waals surface area contributed by atoms with Crippen molar-refractivity contribution in [3.05, 3.63) is 58.7 Å². The summed E-state index contributed by atoms with van der Waals surface area (Å²) in [5.74, 6) is -2.74. The maximum Gasteiger partial charge on any atom is 0.250 e. The number of anilines is 1. The standard InChI is InChI=1S/C27H31ClFN5O5S/c1-6-19(30-5)23(35)31-20-14-40(37,38)22-12-18(29)17(24-32-33-26(39-24)27(2,3)4)11-21(22)34(25(20)36)13-15-7-9-16(28)10-8-15/h7-12,19-20,30H,6,13-14H2,1-5H3,(H,31,35)/t19?,20-/m0/s1. The summed E-state index contributed by atoms with van der Waals surface area (Å²) < 4.78 is 48.2. The Labute approximate surface area is 237 Å². The lowest BCUT2D eigenvalue weighted by atomic mass is 9.97. The number of sulfone groups is 1. The average molecular weight is 592 g/mol. The van der Waals surface area contributed by atoms with Crippen LogP contribution < -0.4 is 15.5 Å². The third-order valence-corrected chi connectivity index (χ3v) is 8.59. The zero-order valence-electron chi connectivity index (χ0n) is 22.8. The lowest BCUT2D eigenvalue weighted by Crippen LogP contribution is -2.54. The second-order valence-electron chi connectivity index (χ2n) is 10.6. The Kier molecular flexibility index (Phi) is 8.34. The highest BCUT2D eigenvalue weighted by molar-refractivity contribution is 7.91. The van der Waals surface area contributed by atoms with Crippen LogP contribution in [-0.2, 0) is 31.4 Å². The molecule has 10 nitrogen and oxygen atoms in total. The Morgan fingerprint density at radius 1 is 1.23 bits per heavy atom. The fourth-order valence-corrected chi connectivity index (χ4v) is 6.06. The molecule has 3 aromatic rings. The van der Waals surface area contributed by atoms with Crippen LogP contribution >= 0.6 is 11.6 Å². The zero-order chi connectivity index (χ0) is 29.4. The number of nitrogens with one attached hydrogen (secondary N) is 2. The molecule has 1 aliphatic rings. The Morgan fingerprint density at radius 3 is 2.48 bits per heavy atom. The van der Waals surface area contributed by atoms with E-state index in [1.165, 1.54) is 11.0 Å². The van der Waals surface area contributed by atoms with Gasteiger partial charge in [-0.1, -0.05) is 51.4 Å². The van der Waals surface area contributed by atoms with Crippen LogP contribution in [-0.4, -0.2) is 55.3 Å². The molecular weight excluding hydrogens is 561 g/mol. The predicted octanol–water partition coefficient (Wildman–Crippen LogP) is 3.63. The van der Waals surface area contributed by atoms with Crippen LogP contribution in [0.5, 0.6) is 0 Å². The van der Waals surface area contributed by atoms with Crippen LogP contribution in [0.25, 0.3) is 11.5 Å². The Hall–Kier alpha value is -3.35. The topological polar surface area (TPSA) is 134 Å². The first kappa shape index (κ1) is 29.6. The van der Waals surface area contributed by atoms with Crippen molar-refractivity contribution in [1.29, 1.82) is 0 Å². The van der Waals surface area contributed by atoms with Crippen molar-refractivity contribution in [2.45, 2.75) is 63.1 Å². The maximum atomic E-state index is 15.5. The van der Waals surface area contributed by atoms with E-state index in [9.17, 15) is 18.0 Å². The van der Waals surface area contributed by atoms with E-state index in [1.807, 2.05) is 20.8 Å². The molecule has 214 valence electrons. The van der Waals surface area contributed by atoms with Gasteiger partial charge >= 0.3 is 0 Å². The van der Waals surface area contributed by atoms with E-state index in [1.54, 1.807) is 38.2 Å². The van der Waals surface area contributed by atoms with Gasteiger partial charge in [0, 0.05) is 10.4 Å². The maximum absolute atomic E-state index is 15.5. The first-order chi connectivity index (χ1) is 18.7. The summed E-state index contributed by atoms with van der Waals surface area (Å²) in [5.41, 5.74) is -0.102.